The minimum Gasteiger partial charge on any atom is -0.381 e. The fraction of sp³-hybridized carbons (Fsp3) is 0.700. The van der Waals surface area contributed by atoms with E-state index in [0.29, 0.717) is 5.95 Å². The number of imidazole rings is 1. The van der Waals surface area contributed by atoms with Crippen LogP contribution >= 0.6 is 0 Å². The predicted molar refractivity (Wildman–Crippen MR) is 54.8 cm³/mol. The first-order valence-electron chi connectivity index (χ1n) is 5.20. The zero-order valence-corrected chi connectivity index (χ0v) is 8.35. The number of ether oxygens (including phenoxy) is 1. The summed E-state index contributed by atoms with van der Waals surface area (Å²) in [5.74, 6) is 1.42. The topological polar surface area (TPSA) is 53.1 Å². The lowest BCUT2D eigenvalue weighted by Gasteiger charge is -2.22. The summed E-state index contributed by atoms with van der Waals surface area (Å²) >= 11 is 0. The molecule has 0 unspecified atom stereocenters. The molecule has 0 saturated carbocycles. The average Bonchev–Trinajstić information content (AvgIpc) is 2.63. The van der Waals surface area contributed by atoms with Gasteiger partial charge in [0.2, 0.25) is 0 Å². The minimum absolute atomic E-state index is 0.622. The molecule has 0 amide bonds. The van der Waals surface area contributed by atoms with Crippen LogP contribution in [0.5, 0.6) is 0 Å². The van der Waals surface area contributed by atoms with Gasteiger partial charge in [0.1, 0.15) is 0 Å². The molecule has 0 bridgehead atoms. The van der Waals surface area contributed by atoms with Crippen LogP contribution in [0.1, 0.15) is 19.3 Å². The maximum atomic E-state index is 5.68. The van der Waals surface area contributed by atoms with Crippen LogP contribution in [0.15, 0.2) is 12.4 Å². The maximum Gasteiger partial charge on any atom is 0.200 e. The molecular weight excluding hydrogens is 178 g/mol. The van der Waals surface area contributed by atoms with Crippen LogP contribution < -0.4 is 5.73 Å². The second-order valence-electron chi connectivity index (χ2n) is 3.82. The molecule has 1 fully saturated rings. The Balaban J connectivity index is 1.79. The Hall–Kier alpha value is -1.03. The van der Waals surface area contributed by atoms with Crippen molar-refractivity contribution in [1.82, 2.24) is 9.55 Å². The first kappa shape index (κ1) is 9.52. The van der Waals surface area contributed by atoms with E-state index in [2.05, 4.69) is 4.98 Å². The van der Waals surface area contributed by atoms with Crippen molar-refractivity contribution >= 4 is 5.95 Å². The number of aryl methyl sites for hydroxylation is 1. The van der Waals surface area contributed by atoms with Crippen molar-refractivity contribution in [3.63, 3.8) is 0 Å². The lowest BCUT2D eigenvalue weighted by atomic mass is 9.97. The van der Waals surface area contributed by atoms with E-state index in [1.807, 2.05) is 10.8 Å². The largest absolute Gasteiger partial charge is 0.381 e. The number of nitrogens with two attached hydrogens (primary N) is 1. The van der Waals surface area contributed by atoms with Gasteiger partial charge in [-0.3, -0.25) is 0 Å². The number of hydrogen-bond donors (Lipinski definition) is 1. The van der Waals surface area contributed by atoms with Gasteiger partial charge in [0.25, 0.3) is 0 Å². The molecule has 4 nitrogen and oxygen atoms in total. The van der Waals surface area contributed by atoms with Crippen LogP contribution in [0.4, 0.5) is 5.95 Å². The Labute approximate surface area is 84.1 Å². The summed E-state index contributed by atoms with van der Waals surface area (Å²) in [5.41, 5.74) is 5.68. The highest BCUT2D eigenvalue weighted by Gasteiger charge is 2.13. The number of aromatic nitrogens is 2. The maximum absolute atomic E-state index is 5.68. The van der Waals surface area contributed by atoms with Gasteiger partial charge < -0.3 is 15.0 Å². The summed E-state index contributed by atoms with van der Waals surface area (Å²) in [6, 6.07) is 0. The van der Waals surface area contributed by atoms with Crippen molar-refractivity contribution in [1.29, 1.82) is 0 Å². The molecule has 2 rings (SSSR count). The van der Waals surface area contributed by atoms with Crippen LogP contribution in [0, 0.1) is 5.92 Å². The average molecular weight is 195 g/mol. The Kier molecular flexibility index (Phi) is 3.03. The molecular formula is C10H17N3O. The molecule has 2 heterocycles. The van der Waals surface area contributed by atoms with E-state index < -0.39 is 0 Å². The number of hydrogen-bond acceptors (Lipinski definition) is 3. The van der Waals surface area contributed by atoms with Gasteiger partial charge >= 0.3 is 0 Å². The smallest absolute Gasteiger partial charge is 0.200 e. The predicted octanol–water partition coefficient (Wildman–Crippen LogP) is 1.28. The van der Waals surface area contributed by atoms with Gasteiger partial charge in [-0.2, -0.15) is 0 Å². The van der Waals surface area contributed by atoms with Gasteiger partial charge in [-0.15, -0.1) is 0 Å². The van der Waals surface area contributed by atoms with E-state index >= 15 is 0 Å². The third kappa shape index (κ3) is 2.26. The Morgan fingerprint density at radius 1 is 1.50 bits per heavy atom. The summed E-state index contributed by atoms with van der Waals surface area (Å²) < 4.78 is 7.33. The molecule has 1 aliphatic rings. The molecule has 2 N–H and O–H groups in total. The van der Waals surface area contributed by atoms with Crippen LogP contribution in [0.3, 0.4) is 0 Å². The van der Waals surface area contributed by atoms with E-state index in [0.717, 1.165) is 25.7 Å². The quantitative estimate of drug-likeness (QED) is 0.790. The highest BCUT2D eigenvalue weighted by molar-refractivity contribution is 5.16. The van der Waals surface area contributed by atoms with Crippen LogP contribution in [-0.2, 0) is 11.3 Å². The molecule has 0 spiro atoms. The standard InChI is InChI=1S/C10H17N3O/c11-10-12-4-6-13(10)5-1-9-2-7-14-8-3-9/h4,6,9H,1-3,5,7-8H2,(H2,11,12). The number of nitrogens with zero attached hydrogens (tertiary/aromatic N) is 2. The summed E-state index contributed by atoms with van der Waals surface area (Å²) in [6.07, 6.45) is 7.25. The van der Waals surface area contributed by atoms with Crippen molar-refractivity contribution in [2.75, 3.05) is 18.9 Å². The van der Waals surface area contributed by atoms with Crippen molar-refractivity contribution < 1.29 is 4.74 Å². The molecule has 1 aromatic heterocycles. The van der Waals surface area contributed by atoms with Crippen LogP contribution in [0.2, 0.25) is 0 Å². The molecule has 1 aromatic rings. The fourth-order valence-corrected chi connectivity index (χ4v) is 1.89. The summed E-state index contributed by atoms with van der Waals surface area (Å²) in [6.45, 7) is 2.82. The number of rotatable bonds is 3. The van der Waals surface area contributed by atoms with Crippen LogP contribution in [0.25, 0.3) is 0 Å². The van der Waals surface area contributed by atoms with Crippen LogP contribution in [-0.4, -0.2) is 22.8 Å². The molecule has 1 aliphatic heterocycles. The van der Waals surface area contributed by atoms with Gasteiger partial charge in [-0.25, -0.2) is 4.98 Å². The van der Waals surface area contributed by atoms with Crippen molar-refractivity contribution in [2.45, 2.75) is 25.8 Å². The first-order chi connectivity index (χ1) is 6.86. The van der Waals surface area contributed by atoms with Gasteiger partial charge in [0, 0.05) is 32.2 Å². The second-order valence-corrected chi connectivity index (χ2v) is 3.82. The molecule has 78 valence electrons. The molecule has 0 aliphatic carbocycles. The molecule has 0 atom stereocenters. The molecule has 14 heavy (non-hydrogen) atoms. The summed E-state index contributed by atoms with van der Waals surface area (Å²) in [7, 11) is 0. The van der Waals surface area contributed by atoms with E-state index in [-0.39, 0.29) is 0 Å². The third-order valence-electron chi connectivity index (χ3n) is 2.87. The summed E-state index contributed by atoms with van der Waals surface area (Å²) in [4.78, 5) is 4.00. The Bertz CT molecular complexity index is 279. The second kappa shape index (κ2) is 4.46. The van der Waals surface area contributed by atoms with Crippen molar-refractivity contribution in [2.24, 2.45) is 5.92 Å². The Morgan fingerprint density at radius 3 is 2.93 bits per heavy atom. The van der Waals surface area contributed by atoms with E-state index in [9.17, 15) is 0 Å². The molecule has 1 saturated heterocycles. The molecule has 0 aromatic carbocycles. The summed E-state index contributed by atoms with van der Waals surface area (Å²) in [5, 5.41) is 0. The monoisotopic (exact) mass is 195 g/mol. The normalized spacial score (nSPS) is 18.6. The third-order valence-corrected chi connectivity index (χ3v) is 2.87. The fourth-order valence-electron chi connectivity index (χ4n) is 1.89. The lowest BCUT2D eigenvalue weighted by molar-refractivity contribution is 0.0626. The van der Waals surface area contributed by atoms with Gasteiger partial charge in [0.15, 0.2) is 5.95 Å². The highest BCUT2D eigenvalue weighted by atomic mass is 16.5. The zero-order valence-electron chi connectivity index (χ0n) is 8.35. The van der Waals surface area contributed by atoms with Gasteiger partial charge in [0.05, 0.1) is 0 Å². The first-order valence-corrected chi connectivity index (χ1v) is 5.20. The molecule has 4 heteroatoms. The van der Waals surface area contributed by atoms with E-state index in [1.54, 1.807) is 6.20 Å². The molecule has 0 radical (unpaired) electrons. The number of nitrogen functional groups attached to an aromatic ring is 1. The number of anilines is 1. The van der Waals surface area contributed by atoms with Gasteiger partial charge in [-0.1, -0.05) is 0 Å². The van der Waals surface area contributed by atoms with E-state index in [1.165, 1.54) is 19.3 Å². The Morgan fingerprint density at radius 2 is 2.29 bits per heavy atom. The SMILES string of the molecule is Nc1nccn1CCC1CCOCC1. The van der Waals surface area contributed by atoms with E-state index in [4.69, 9.17) is 10.5 Å². The van der Waals surface area contributed by atoms with Crippen molar-refractivity contribution in [3.8, 4) is 0 Å². The zero-order chi connectivity index (χ0) is 9.80. The van der Waals surface area contributed by atoms with Crippen molar-refractivity contribution in [3.05, 3.63) is 12.4 Å². The highest BCUT2D eigenvalue weighted by Crippen LogP contribution is 2.19. The lowest BCUT2D eigenvalue weighted by Crippen LogP contribution is -2.17. The van der Waals surface area contributed by atoms with Gasteiger partial charge in [-0.05, 0) is 25.2 Å². The minimum atomic E-state index is 0.622.